The van der Waals surface area contributed by atoms with Crippen LogP contribution in [0, 0.1) is 23.5 Å². The SMILES string of the molecule is CCc1ncnc(-c2cc(F)c(C(=O)OC)c(F)c2)c1C#Cc1ccc(N)nc1. The van der Waals surface area contributed by atoms with Gasteiger partial charge in [-0.2, -0.15) is 0 Å². The minimum absolute atomic E-state index is 0.129. The topological polar surface area (TPSA) is 91.0 Å². The summed E-state index contributed by atoms with van der Waals surface area (Å²) in [5, 5.41) is 0. The van der Waals surface area contributed by atoms with E-state index in [4.69, 9.17) is 5.73 Å². The fourth-order valence-corrected chi connectivity index (χ4v) is 2.66. The molecule has 0 aliphatic heterocycles. The maximum atomic E-state index is 14.4. The molecule has 0 aliphatic rings. The molecule has 8 heteroatoms. The summed E-state index contributed by atoms with van der Waals surface area (Å²) in [4.78, 5) is 23.9. The van der Waals surface area contributed by atoms with Gasteiger partial charge < -0.3 is 10.5 Å². The maximum absolute atomic E-state index is 14.4. The van der Waals surface area contributed by atoms with Crippen molar-refractivity contribution in [2.24, 2.45) is 0 Å². The van der Waals surface area contributed by atoms with Gasteiger partial charge in [0, 0.05) is 17.3 Å². The number of ether oxygens (including phenoxy) is 1. The molecule has 0 amide bonds. The smallest absolute Gasteiger partial charge is 0.343 e. The second-order valence-electron chi connectivity index (χ2n) is 5.93. The van der Waals surface area contributed by atoms with Crippen LogP contribution in [0.4, 0.5) is 14.6 Å². The predicted molar refractivity (Wildman–Crippen MR) is 103 cm³/mol. The summed E-state index contributed by atoms with van der Waals surface area (Å²) in [6.45, 7) is 1.88. The second kappa shape index (κ2) is 8.44. The molecule has 146 valence electrons. The first-order valence-corrected chi connectivity index (χ1v) is 8.59. The van der Waals surface area contributed by atoms with Crippen molar-refractivity contribution >= 4 is 11.8 Å². The average molecular weight is 394 g/mol. The van der Waals surface area contributed by atoms with Gasteiger partial charge >= 0.3 is 5.97 Å². The van der Waals surface area contributed by atoms with E-state index in [1.165, 1.54) is 12.5 Å². The molecule has 0 saturated carbocycles. The largest absolute Gasteiger partial charge is 0.465 e. The third kappa shape index (κ3) is 4.19. The first-order valence-electron chi connectivity index (χ1n) is 8.59. The lowest BCUT2D eigenvalue weighted by atomic mass is 10.0. The van der Waals surface area contributed by atoms with Crippen molar-refractivity contribution in [2.75, 3.05) is 12.8 Å². The number of pyridine rings is 1. The Kier molecular flexibility index (Phi) is 5.79. The van der Waals surface area contributed by atoms with Crippen LogP contribution in [0.25, 0.3) is 11.3 Å². The van der Waals surface area contributed by atoms with E-state index in [-0.39, 0.29) is 11.3 Å². The van der Waals surface area contributed by atoms with Gasteiger partial charge in [0.15, 0.2) is 0 Å². The number of rotatable bonds is 3. The van der Waals surface area contributed by atoms with Gasteiger partial charge in [0.05, 0.1) is 24.1 Å². The molecule has 0 unspecified atom stereocenters. The Morgan fingerprint density at radius 1 is 1.14 bits per heavy atom. The highest BCUT2D eigenvalue weighted by atomic mass is 19.1. The molecule has 0 radical (unpaired) electrons. The standard InChI is InChI=1S/C21H16F2N4O2/c1-3-17-14(6-4-12-5-7-18(24)25-10-12)20(27-11-26-17)13-8-15(22)19(16(23)9-13)21(28)29-2/h5,7-11H,3H2,1-2H3,(H2,24,25). The molecule has 0 saturated heterocycles. The Hall–Kier alpha value is -3.86. The quantitative estimate of drug-likeness (QED) is 0.542. The van der Waals surface area contributed by atoms with Crippen LogP contribution in [0.15, 0.2) is 36.8 Å². The van der Waals surface area contributed by atoms with Crippen LogP contribution in [0.3, 0.4) is 0 Å². The molecule has 3 rings (SSSR count). The Morgan fingerprint density at radius 2 is 1.86 bits per heavy atom. The lowest BCUT2D eigenvalue weighted by molar-refractivity contribution is 0.0590. The molecule has 29 heavy (non-hydrogen) atoms. The van der Waals surface area contributed by atoms with Gasteiger partial charge in [-0.1, -0.05) is 18.8 Å². The van der Waals surface area contributed by atoms with Crippen LogP contribution in [-0.2, 0) is 11.2 Å². The molecule has 2 heterocycles. The van der Waals surface area contributed by atoms with Crippen LogP contribution < -0.4 is 5.73 Å². The van der Waals surface area contributed by atoms with Crippen LogP contribution in [0.1, 0.15) is 34.1 Å². The predicted octanol–water partition coefficient (Wildman–Crippen LogP) is 3.15. The third-order valence-electron chi connectivity index (χ3n) is 4.08. The first kappa shape index (κ1) is 19.9. The summed E-state index contributed by atoms with van der Waals surface area (Å²) < 4.78 is 33.2. The number of anilines is 1. The van der Waals surface area contributed by atoms with E-state index in [0.717, 1.165) is 19.2 Å². The van der Waals surface area contributed by atoms with E-state index < -0.39 is 23.2 Å². The van der Waals surface area contributed by atoms with Crippen LogP contribution >= 0.6 is 0 Å². The molecule has 3 aromatic rings. The molecule has 0 bridgehead atoms. The van der Waals surface area contributed by atoms with Crippen molar-refractivity contribution in [3.8, 4) is 23.1 Å². The fraction of sp³-hybridized carbons (Fsp3) is 0.143. The molecule has 0 fully saturated rings. The van der Waals surface area contributed by atoms with Crippen molar-refractivity contribution < 1.29 is 18.3 Å². The van der Waals surface area contributed by atoms with E-state index in [1.54, 1.807) is 12.1 Å². The molecule has 1 aromatic carbocycles. The van der Waals surface area contributed by atoms with Crippen LogP contribution in [0.5, 0.6) is 0 Å². The summed E-state index contributed by atoms with van der Waals surface area (Å²) in [6, 6.07) is 5.36. The number of methoxy groups -OCH3 is 1. The summed E-state index contributed by atoms with van der Waals surface area (Å²) in [5.74, 6) is 3.06. The highest BCUT2D eigenvalue weighted by molar-refractivity contribution is 5.90. The number of hydrogen-bond donors (Lipinski definition) is 1. The van der Waals surface area contributed by atoms with Crippen LogP contribution in [-0.4, -0.2) is 28.0 Å². The molecular formula is C21H16F2N4O2. The molecule has 0 spiro atoms. The van der Waals surface area contributed by atoms with Gasteiger partial charge in [0.25, 0.3) is 0 Å². The van der Waals surface area contributed by atoms with E-state index in [1.807, 2.05) is 6.92 Å². The second-order valence-corrected chi connectivity index (χ2v) is 5.93. The van der Waals surface area contributed by atoms with E-state index in [9.17, 15) is 13.6 Å². The molecule has 2 aromatic heterocycles. The lowest BCUT2D eigenvalue weighted by Gasteiger charge is -2.10. The van der Waals surface area contributed by atoms with E-state index in [2.05, 4.69) is 31.5 Å². The van der Waals surface area contributed by atoms with Gasteiger partial charge in [-0.25, -0.2) is 28.5 Å². The van der Waals surface area contributed by atoms with Crippen molar-refractivity contribution in [1.82, 2.24) is 15.0 Å². The summed E-state index contributed by atoms with van der Waals surface area (Å²) in [6.07, 6.45) is 3.35. The third-order valence-corrected chi connectivity index (χ3v) is 4.08. The zero-order valence-corrected chi connectivity index (χ0v) is 15.7. The van der Waals surface area contributed by atoms with E-state index in [0.29, 0.717) is 29.1 Å². The number of nitrogens with zero attached hydrogens (tertiary/aromatic N) is 3. The van der Waals surface area contributed by atoms with Gasteiger partial charge in [-0.05, 0) is 30.7 Å². The van der Waals surface area contributed by atoms with Crippen molar-refractivity contribution in [1.29, 1.82) is 0 Å². The number of aromatic nitrogens is 3. The minimum Gasteiger partial charge on any atom is -0.465 e. The van der Waals surface area contributed by atoms with Gasteiger partial charge in [-0.15, -0.1) is 0 Å². The Balaban J connectivity index is 2.14. The highest BCUT2D eigenvalue weighted by Gasteiger charge is 2.21. The number of halogens is 2. The normalized spacial score (nSPS) is 10.2. The van der Waals surface area contributed by atoms with Crippen molar-refractivity contribution in [3.63, 3.8) is 0 Å². The monoisotopic (exact) mass is 394 g/mol. The highest BCUT2D eigenvalue weighted by Crippen LogP contribution is 2.27. The number of nitrogens with two attached hydrogens (primary N) is 1. The summed E-state index contributed by atoms with van der Waals surface area (Å²) >= 11 is 0. The number of hydrogen-bond acceptors (Lipinski definition) is 6. The molecule has 2 N–H and O–H groups in total. The fourth-order valence-electron chi connectivity index (χ4n) is 2.66. The number of aryl methyl sites for hydroxylation is 1. The number of carbonyl (C=O) groups excluding carboxylic acids is 1. The van der Waals surface area contributed by atoms with Crippen LogP contribution in [0.2, 0.25) is 0 Å². The summed E-state index contributed by atoms with van der Waals surface area (Å²) in [7, 11) is 1.05. The Bertz CT molecular complexity index is 1110. The summed E-state index contributed by atoms with van der Waals surface area (Å²) in [5.41, 5.74) is 6.83. The van der Waals surface area contributed by atoms with E-state index >= 15 is 0 Å². The van der Waals surface area contributed by atoms with Gasteiger partial charge in [0.1, 0.15) is 29.3 Å². The van der Waals surface area contributed by atoms with Crippen molar-refractivity contribution in [3.05, 3.63) is 70.8 Å². The zero-order chi connectivity index (χ0) is 21.0. The van der Waals surface area contributed by atoms with Gasteiger partial charge in [-0.3, -0.25) is 0 Å². The number of nitrogen functional groups attached to an aromatic ring is 1. The Morgan fingerprint density at radius 3 is 2.45 bits per heavy atom. The zero-order valence-electron chi connectivity index (χ0n) is 15.7. The minimum atomic E-state index is -1.10. The Labute approximate surface area is 165 Å². The number of carbonyl (C=O) groups is 1. The molecule has 0 atom stereocenters. The van der Waals surface area contributed by atoms with Gasteiger partial charge in [0.2, 0.25) is 0 Å². The number of benzene rings is 1. The molecular weight excluding hydrogens is 378 g/mol. The maximum Gasteiger partial charge on any atom is 0.343 e. The van der Waals surface area contributed by atoms with Crippen molar-refractivity contribution in [2.45, 2.75) is 13.3 Å². The molecule has 6 nitrogen and oxygen atoms in total. The first-order chi connectivity index (χ1) is 13.9. The number of esters is 1. The molecule has 0 aliphatic carbocycles. The average Bonchev–Trinajstić information content (AvgIpc) is 2.72. The lowest BCUT2D eigenvalue weighted by Crippen LogP contribution is -2.08.